The van der Waals surface area contributed by atoms with Crippen molar-refractivity contribution in [3.05, 3.63) is 66.3 Å². The van der Waals surface area contributed by atoms with Crippen molar-refractivity contribution in [3.63, 3.8) is 0 Å². The number of esters is 1. The van der Waals surface area contributed by atoms with Crippen LogP contribution in [0.3, 0.4) is 0 Å². The minimum atomic E-state index is -1.41. The number of nitrogens with zero attached hydrogens (tertiary/aromatic N) is 5. The van der Waals surface area contributed by atoms with Gasteiger partial charge < -0.3 is 14.6 Å². The Kier molecular flexibility index (Phi) is 6.67. The van der Waals surface area contributed by atoms with E-state index in [-0.39, 0.29) is 30.6 Å². The standard InChI is InChI=1S/C24H23FN6O4/c1-4-34-23(33)24(2,3)22(32)28-20-9-11-26-21(27-20)18-13-19(17-10-12-35-30-17)31(29-18)14-15-7-5-6-8-16(15)25/h5-13H,4,14H2,1-3H3,(H,26,27,28,32). The number of hydrogen-bond acceptors (Lipinski definition) is 8. The number of carbonyl (C=O) groups is 2. The summed E-state index contributed by atoms with van der Waals surface area (Å²) >= 11 is 0. The molecule has 1 amide bonds. The number of anilines is 1. The third-order valence-corrected chi connectivity index (χ3v) is 5.24. The van der Waals surface area contributed by atoms with Crippen molar-refractivity contribution in [1.29, 1.82) is 0 Å². The number of hydrogen-bond donors (Lipinski definition) is 1. The highest BCUT2D eigenvalue weighted by atomic mass is 19.1. The van der Waals surface area contributed by atoms with Crippen molar-refractivity contribution in [2.75, 3.05) is 11.9 Å². The highest BCUT2D eigenvalue weighted by Crippen LogP contribution is 2.26. The van der Waals surface area contributed by atoms with E-state index in [1.165, 1.54) is 38.4 Å². The Morgan fingerprint density at radius 2 is 1.97 bits per heavy atom. The molecule has 4 rings (SSSR count). The molecule has 180 valence electrons. The molecule has 0 saturated carbocycles. The summed E-state index contributed by atoms with van der Waals surface area (Å²) in [5, 5.41) is 11.1. The summed E-state index contributed by atoms with van der Waals surface area (Å²) in [5.74, 6) is -1.18. The fraction of sp³-hybridized carbons (Fsp3) is 0.250. The maximum absolute atomic E-state index is 14.3. The van der Waals surface area contributed by atoms with E-state index in [1.54, 1.807) is 41.9 Å². The van der Waals surface area contributed by atoms with Gasteiger partial charge in [0.15, 0.2) is 5.82 Å². The molecule has 3 heterocycles. The third-order valence-electron chi connectivity index (χ3n) is 5.24. The molecule has 4 aromatic rings. The number of rotatable bonds is 8. The highest BCUT2D eigenvalue weighted by molar-refractivity contribution is 6.07. The van der Waals surface area contributed by atoms with Crippen LogP contribution >= 0.6 is 0 Å². The zero-order chi connectivity index (χ0) is 25.0. The number of benzene rings is 1. The van der Waals surface area contributed by atoms with Crippen molar-refractivity contribution >= 4 is 17.7 Å². The Hall–Kier alpha value is -4.41. The number of ether oxygens (including phenoxy) is 1. The van der Waals surface area contributed by atoms with Gasteiger partial charge in [0.2, 0.25) is 5.91 Å². The maximum Gasteiger partial charge on any atom is 0.321 e. The van der Waals surface area contributed by atoms with E-state index in [0.29, 0.717) is 22.6 Å². The monoisotopic (exact) mass is 478 g/mol. The van der Waals surface area contributed by atoms with Crippen molar-refractivity contribution in [2.45, 2.75) is 27.3 Å². The van der Waals surface area contributed by atoms with E-state index in [2.05, 4.69) is 25.5 Å². The molecule has 0 fully saturated rings. The van der Waals surface area contributed by atoms with Crippen LogP contribution in [-0.2, 0) is 20.9 Å². The summed E-state index contributed by atoms with van der Waals surface area (Å²) < 4.78 is 25.8. The summed E-state index contributed by atoms with van der Waals surface area (Å²) in [6.07, 6.45) is 2.88. The first-order chi connectivity index (χ1) is 16.8. The Bertz CT molecular complexity index is 1350. The highest BCUT2D eigenvalue weighted by Gasteiger charge is 2.38. The first-order valence-electron chi connectivity index (χ1n) is 10.8. The van der Waals surface area contributed by atoms with Gasteiger partial charge in [0.05, 0.1) is 18.8 Å². The third kappa shape index (κ3) is 5.08. The van der Waals surface area contributed by atoms with Crippen molar-refractivity contribution in [3.8, 4) is 22.9 Å². The smallest absolute Gasteiger partial charge is 0.321 e. The summed E-state index contributed by atoms with van der Waals surface area (Å²) in [6, 6.07) is 11.3. The Morgan fingerprint density at radius 1 is 1.17 bits per heavy atom. The molecule has 0 radical (unpaired) electrons. The summed E-state index contributed by atoms with van der Waals surface area (Å²) in [4.78, 5) is 33.5. The molecule has 0 aliphatic heterocycles. The van der Waals surface area contributed by atoms with Crippen LogP contribution in [0.25, 0.3) is 22.9 Å². The number of nitrogens with one attached hydrogen (secondary N) is 1. The SMILES string of the molecule is CCOC(=O)C(C)(C)C(=O)Nc1ccnc(-c2cc(-c3ccon3)n(Cc3ccccc3F)n2)n1. The molecular formula is C24H23FN6O4. The fourth-order valence-corrected chi connectivity index (χ4v) is 3.21. The molecule has 0 atom stereocenters. The zero-order valence-electron chi connectivity index (χ0n) is 19.4. The van der Waals surface area contributed by atoms with E-state index in [0.717, 1.165) is 0 Å². The van der Waals surface area contributed by atoms with Crippen LogP contribution in [-0.4, -0.2) is 43.4 Å². The molecule has 1 N–H and O–H groups in total. The number of aromatic nitrogens is 5. The second-order valence-corrected chi connectivity index (χ2v) is 8.11. The molecule has 0 aliphatic rings. The van der Waals surface area contributed by atoms with Gasteiger partial charge in [-0.1, -0.05) is 23.4 Å². The molecule has 0 bridgehead atoms. The van der Waals surface area contributed by atoms with Gasteiger partial charge in [-0.15, -0.1) is 0 Å². The van der Waals surface area contributed by atoms with Crippen LogP contribution in [0.15, 0.2) is 59.4 Å². The van der Waals surface area contributed by atoms with E-state index < -0.39 is 17.3 Å². The van der Waals surface area contributed by atoms with Gasteiger partial charge in [-0.25, -0.2) is 14.4 Å². The minimum Gasteiger partial charge on any atom is -0.465 e. The molecule has 35 heavy (non-hydrogen) atoms. The predicted octanol–water partition coefficient (Wildman–Crippen LogP) is 3.71. The molecule has 0 unspecified atom stereocenters. The van der Waals surface area contributed by atoms with Gasteiger partial charge in [0.25, 0.3) is 0 Å². The average Bonchev–Trinajstić information content (AvgIpc) is 3.51. The van der Waals surface area contributed by atoms with Crippen molar-refractivity contribution in [2.24, 2.45) is 5.41 Å². The number of halogens is 1. The quantitative estimate of drug-likeness (QED) is 0.300. The lowest BCUT2D eigenvalue weighted by molar-refractivity contribution is -0.157. The van der Waals surface area contributed by atoms with Crippen LogP contribution in [0.2, 0.25) is 0 Å². The van der Waals surface area contributed by atoms with Crippen LogP contribution in [0.4, 0.5) is 10.2 Å². The van der Waals surface area contributed by atoms with E-state index >= 15 is 0 Å². The average molecular weight is 478 g/mol. The predicted molar refractivity (Wildman–Crippen MR) is 123 cm³/mol. The fourth-order valence-electron chi connectivity index (χ4n) is 3.21. The van der Waals surface area contributed by atoms with Crippen LogP contribution in [0.1, 0.15) is 26.3 Å². The largest absolute Gasteiger partial charge is 0.465 e. The number of carbonyl (C=O) groups excluding carboxylic acids is 2. The Morgan fingerprint density at radius 3 is 2.69 bits per heavy atom. The van der Waals surface area contributed by atoms with Crippen molar-refractivity contribution < 1.29 is 23.2 Å². The topological polar surface area (TPSA) is 125 Å². The molecule has 1 aromatic carbocycles. The Labute approximate surface area is 200 Å². The maximum atomic E-state index is 14.3. The molecule has 10 nitrogen and oxygen atoms in total. The lowest BCUT2D eigenvalue weighted by Gasteiger charge is -2.21. The molecule has 0 saturated heterocycles. The van der Waals surface area contributed by atoms with Crippen LogP contribution in [0, 0.1) is 11.2 Å². The summed E-state index contributed by atoms with van der Waals surface area (Å²) in [7, 11) is 0. The normalized spacial score (nSPS) is 11.3. The van der Waals surface area contributed by atoms with Gasteiger partial charge in [-0.05, 0) is 39.0 Å². The van der Waals surface area contributed by atoms with E-state index in [4.69, 9.17) is 9.26 Å². The van der Waals surface area contributed by atoms with Crippen LogP contribution in [0.5, 0.6) is 0 Å². The van der Waals surface area contributed by atoms with E-state index in [1.807, 2.05) is 0 Å². The zero-order valence-corrected chi connectivity index (χ0v) is 19.4. The molecule has 0 aliphatic carbocycles. The summed E-state index contributed by atoms with van der Waals surface area (Å²) in [6.45, 7) is 4.91. The minimum absolute atomic E-state index is 0.138. The van der Waals surface area contributed by atoms with Gasteiger partial charge in [-0.2, -0.15) is 5.10 Å². The van der Waals surface area contributed by atoms with Crippen molar-refractivity contribution in [1.82, 2.24) is 24.9 Å². The lowest BCUT2D eigenvalue weighted by Crippen LogP contribution is -2.39. The van der Waals surface area contributed by atoms with Gasteiger partial charge in [-0.3, -0.25) is 14.3 Å². The molecular weight excluding hydrogens is 455 g/mol. The second-order valence-electron chi connectivity index (χ2n) is 8.11. The first-order valence-corrected chi connectivity index (χ1v) is 10.8. The number of amides is 1. The van der Waals surface area contributed by atoms with E-state index in [9.17, 15) is 14.0 Å². The van der Waals surface area contributed by atoms with Gasteiger partial charge in [0.1, 0.15) is 34.7 Å². The second kappa shape index (κ2) is 9.84. The van der Waals surface area contributed by atoms with Gasteiger partial charge >= 0.3 is 5.97 Å². The molecule has 0 spiro atoms. The molecule has 3 aromatic heterocycles. The van der Waals surface area contributed by atoms with Crippen LogP contribution < -0.4 is 5.32 Å². The summed E-state index contributed by atoms with van der Waals surface area (Å²) in [5.41, 5.74) is 0.470. The van der Waals surface area contributed by atoms with Gasteiger partial charge in [0, 0.05) is 17.8 Å². The Balaban J connectivity index is 1.64. The molecule has 11 heteroatoms. The lowest BCUT2D eigenvalue weighted by atomic mass is 9.92. The first kappa shape index (κ1) is 23.7.